The maximum absolute atomic E-state index is 11.8. The number of halogens is 1. The lowest BCUT2D eigenvalue weighted by Crippen LogP contribution is -2.45. The van der Waals surface area contributed by atoms with Crippen molar-refractivity contribution in [1.82, 2.24) is 4.90 Å². The third-order valence-corrected chi connectivity index (χ3v) is 4.71. The average Bonchev–Trinajstić information content (AvgIpc) is 2.41. The van der Waals surface area contributed by atoms with E-state index in [0.29, 0.717) is 17.7 Å². The van der Waals surface area contributed by atoms with E-state index in [9.17, 15) is 4.79 Å². The Morgan fingerprint density at radius 3 is 3.00 bits per heavy atom. The summed E-state index contributed by atoms with van der Waals surface area (Å²) in [5.41, 5.74) is 7.38. The number of likely N-dealkylation sites (tertiary alicyclic amines) is 1. The molecule has 2 N–H and O–H groups in total. The molecule has 4 nitrogen and oxygen atoms in total. The van der Waals surface area contributed by atoms with Crippen molar-refractivity contribution in [2.75, 3.05) is 6.54 Å². The molecule has 1 fully saturated rings. The van der Waals surface area contributed by atoms with Gasteiger partial charge in [0.2, 0.25) is 0 Å². The van der Waals surface area contributed by atoms with Gasteiger partial charge in [-0.05, 0) is 43.5 Å². The van der Waals surface area contributed by atoms with Gasteiger partial charge in [-0.1, -0.05) is 15.9 Å². The van der Waals surface area contributed by atoms with Crippen LogP contribution in [0, 0.1) is 0 Å². The highest BCUT2D eigenvalue weighted by Crippen LogP contribution is 2.25. The first-order valence-electron chi connectivity index (χ1n) is 7.25. The Balaban J connectivity index is 1.95. The maximum Gasteiger partial charge on any atom is 0.336 e. The van der Waals surface area contributed by atoms with E-state index in [1.165, 1.54) is 0 Å². The van der Waals surface area contributed by atoms with E-state index in [1.54, 1.807) is 6.07 Å². The van der Waals surface area contributed by atoms with E-state index in [0.717, 1.165) is 41.4 Å². The van der Waals surface area contributed by atoms with Crippen molar-refractivity contribution >= 4 is 26.9 Å². The van der Waals surface area contributed by atoms with Crippen molar-refractivity contribution in [2.24, 2.45) is 5.73 Å². The van der Waals surface area contributed by atoms with Gasteiger partial charge in [-0.25, -0.2) is 4.79 Å². The summed E-state index contributed by atoms with van der Waals surface area (Å²) in [5, 5.41) is 1.000. The Labute approximate surface area is 132 Å². The second kappa shape index (κ2) is 5.91. The van der Waals surface area contributed by atoms with Gasteiger partial charge in [-0.3, -0.25) is 4.90 Å². The standard InChI is InChI=1S/C16H19BrN2O2/c1-10-6-13(18)4-5-19(10)9-11-7-16(20)21-15-8-12(17)2-3-14(11)15/h2-3,7-8,10,13H,4-6,9,18H2,1H3. The summed E-state index contributed by atoms with van der Waals surface area (Å²) < 4.78 is 6.20. The van der Waals surface area contributed by atoms with Crippen LogP contribution < -0.4 is 11.4 Å². The van der Waals surface area contributed by atoms with Gasteiger partial charge in [-0.2, -0.15) is 0 Å². The van der Waals surface area contributed by atoms with E-state index in [4.69, 9.17) is 10.2 Å². The van der Waals surface area contributed by atoms with Gasteiger partial charge in [-0.15, -0.1) is 0 Å². The third kappa shape index (κ3) is 3.20. The number of hydrogen-bond donors (Lipinski definition) is 1. The summed E-state index contributed by atoms with van der Waals surface area (Å²) in [6, 6.07) is 8.16. The molecule has 2 aromatic rings. The van der Waals surface area contributed by atoms with Crippen LogP contribution in [0.5, 0.6) is 0 Å². The van der Waals surface area contributed by atoms with Crippen molar-refractivity contribution < 1.29 is 4.42 Å². The van der Waals surface area contributed by atoms with Crippen molar-refractivity contribution in [2.45, 2.75) is 38.4 Å². The lowest BCUT2D eigenvalue weighted by molar-refractivity contribution is 0.140. The zero-order chi connectivity index (χ0) is 15.0. The number of rotatable bonds is 2. The van der Waals surface area contributed by atoms with E-state index in [-0.39, 0.29) is 5.63 Å². The summed E-state index contributed by atoms with van der Waals surface area (Å²) in [7, 11) is 0. The Morgan fingerprint density at radius 1 is 1.43 bits per heavy atom. The molecule has 21 heavy (non-hydrogen) atoms. The number of fused-ring (bicyclic) bond motifs is 1. The molecule has 1 aromatic heterocycles. The van der Waals surface area contributed by atoms with Gasteiger partial charge in [0.05, 0.1) is 0 Å². The van der Waals surface area contributed by atoms with Crippen LogP contribution in [-0.2, 0) is 6.54 Å². The molecule has 0 radical (unpaired) electrons. The Morgan fingerprint density at radius 2 is 2.24 bits per heavy atom. The first kappa shape index (κ1) is 14.8. The molecular formula is C16H19BrN2O2. The second-order valence-corrected chi connectivity index (χ2v) is 6.75. The molecule has 0 aliphatic carbocycles. The lowest BCUT2D eigenvalue weighted by Gasteiger charge is -2.36. The molecule has 0 bridgehead atoms. The first-order valence-corrected chi connectivity index (χ1v) is 8.04. The number of nitrogens with two attached hydrogens (primary N) is 1. The lowest BCUT2D eigenvalue weighted by atomic mass is 9.98. The number of piperidine rings is 1. The second-order valence-electron chi connectivity index (χ2n) is 5.84. The summed E-state index contributed by atoms with van der Waals surface area (Å²) in [4.78, 5) is 14.2. The van der Waals surface area contributed by atoms with Crippen LogP contribution in [0.4, 0.5) is 0 Å². The molecule has 0 saturated carbocycles. The zero-order valence-electron chi connectivity index (χ0n) is 12.0. The Kier molecular flexibility index (Phi) is 4.15. The molecule has 112 valence electrons. The predicted molar refractivity (Wildman–Crippen MR) is 87.3 cm³/mol. The van der Waals surface area contributed by atoms with E-state index >= 15 is 0 Å². The first-order chi connectivity index (χ1) is 10.0. The smallest absolute Gasteiger partial charge is 0.336 e. The highest BCUT2D eigenvalue weighted by molar-refractivity contribution is 9.10. The number of nitrogens with zero attached hydrogens (tertiary/aromatic N) is 1. The van der Waals surface area contributed by atoms with E-state index in [1.807, 2.05) is 18.2 Å². The summed E-state index contributed by atoms with van der Waals surface area (Å²) in [6.45, 7) is 3.93. The molecule has 1 saturated heterocycles. The maximum atomic E-state index is 11.8. The highest BCUT2D eigenvalue weighted by atomic mass is 79.9. The van der Waals surface area contributed by atoms with Crippen LogP contribution in [-0.4, -0.2) is 23.5 Å². The predicted octanol–water partition coefficient (Wildman–Crippen LogP) is 2.87. The minimum Gasteiger partial charge on any atom is -0.423 e. The minimum absolute atomic E-state index is 0.294. The van der Waals surface area contributed by atoms with Gasteiger partial charge >= 0.3 is 5.63 Å². The van der Waals surface area contributed by atoms with Gasteiger partial charge in [0.15, 0.2) is 0 Å². The molecule has 1 aromatic carbocycles. The van der Waals surface area contributed by atoms with Crippen molar-refractivity contribution in [3.05, 3.63) is 44.7 Å². The summed E-state index contributed by atoms with van der Waals surface area (Å²) >= 11 is 3.41. The summed E-state index contributed by atoms with van der Waals surface area (Å²) in [6.07, 6.45) is 2.01. The SMILES string of the molecule is CC1CC(N)CCN1Cc1cc(=O)oc2cc(Br)ccc12. The van der Waals surface area contributed by atoms with Crippen LogP contribution in [0.1, 0.15) is 25.3 Å². The fourth-order valence-electron chi connectivity index (χ4n) is 3.05. The Bertz CT molecular complexity index is 713. The molecule has 1 aliphatic rings. The normalized spacial score (nSPS) is 23.6. The van der Waals surface area contributed by atoms with Crippen LogP contribution in [0.3, 0.4) is 0 Å². The summed E-state index contributed by atoms with van der Waals surface area (Å²) in [5.74, 6) is 0. The average molecular weight is 351 g/mol. The van der Waals surface area contributed by atoms with E-state index in [2.05, 4.69) is 27.8 Å². The molecule has 1 aliphatic heterocycles. The molecule has 2 heterocycles. The van der Waals surface area contributed by atoms with Crippen LogP contribution in [0.15, 0.2) is 37.9 Å². The fraction of sp³-hybridized carbons (Fsp3) is 0.438. The van der Waals surface area contributed by atoms with Crippen molar-refractivity contribution in [3.8, 4) is 0 Å². The van der Waals surface area contributed by atoms with Crippen LogP contribution >= 0.6 is 15.9 Å². The molecule has 2 unspecified atom stereocenters. The zero-order valence-corrected chi connectivity index (χ0v) is 13.6. The minimum atomic E-state index is -0.294. The van der Waals surface area contributed by atoms with Gasteiger partial charge in [0.25, 0.3) is 0 Å². The largest absolute Gasteiger partial charge is 0.423 e. The highest BCUT2D eigenvalue weighted by Gasteiger charge is 2.23. The van der Waals surface area contributed by atoms with Crippen molar-refractivity contribution in [3.63, 3.8) is 0 Å². The molecule has 3 rings (SSSR count). The third-order valence-electron chi connectivity index (χ3n) is 4.22. The molecule has 0 amide bonds. The topological polar surface area (TPSA) is 59.5 Å². The number of hydrogen-bond acceptors (Lipinski definition) is 4. The number of benzene rings is 1. The fourth-order valence-corrected chi connectivity index (χ4v) is 3.39. The monoisotopic (exact) mass is 350 g/mol. The molecular weight excluding hydrogens is 332 g/mol. The van der Waals surface area contributed by atoms with Gasteiger partial charge in [0, 0.05) is 41.1 Å². The van der Waals surface area contributed by atoms with Crippen LogP contribution in [0.2, 0.25) is 0 Å². The van der Waals surface area contributed by atoms with Gasteiger partial charge < -0.3 is 10.2 Å². The van der Waals surface area contributed by atoms with Crippen molar-refractivity contribution in [1.29, 1.82) is 0 Å². The van der Waals surface area contributed by atoms with Crippen LogP contribution in [0.25, 0.3) is 11.0 Å². The van der Waals surface area contributed by atoms with E-state index < -0.39 is 0 Å². The molecule has 5 heteroatoms. The molecule has 0 spiro atoms. The van der Waals surface area contributed by atoms with Gasteiger partial charge in [0.1, 0.15) is 5.58 Å². The Hall–Kier alpha value is -1.17. The molecule has 2 atom stereocenters. The quantitative estimate of drug-likeness (QED) is 0.846.